The van der Waals surface area contributed by atoms with Crippen molar-refractivity contribution < 1.29 is 0 Å². The van der Waals surface area contributed by atoms with Gasteiger partial charge in [0.25, 0.3) is 0 Å². The number of rotatable bonds is 9. The molecule has 0 fully saturated rings. The van der Waals surface area contributed by atoms with E-state index >= 15 is 0 Å². The molecule has 7 aromatic rings. The maximum Gasteiger partial charge on any atom is 0.0481 e. The van der Waals surface area contributed by atoms with Crippen LogP contribution in [-0.2, 0) is 18.1 Å². The zero-order valence-electron chi connectivity index (χ0n) is 23.8. The Morgan fingerprint density at radius 2 is 0.977 bits per heavy atom. The monoisotopic (exact) mass is 592 g/mol. The molecule has 0 saturated carbocycles. The van der Waals surface area contributed by atoms with Crippen LogP contribution in [0.1, 0.15) is 16.7 Å². The molecule has 0 aliphatic carbocycles. The van der Waals surface area contributed by atoms with E-state index in [0.717, 1.165) is 28.6 Å². The molecule has 7 aromatic carbocycles. The number of benzene rings is 7. The molecule has 210 valence electrons. The van der Waals surface area contributed by atoms with Crippen LogP contribution in [-0.4, -0.2) is 0 Å². The predicted molar refractivity (Wildman–Crippen MR) is 189 cm³/mol. The van der Waals surface area contributed by atoms with Crippen LogP contribution in [0.4, 0.5) is 11.4 Å². The standard InChI is InChI=1S/C39H32N2S2/c40-36-17-7-9-19-38(36)42-25-29-21-22-30(34-16-6-5-15-33(29)34)26-43-39-20-10-8-18-37(39)41-24-35-31-13-3-1-11-27(31)23-28-12-2-4-14-32(28)35/h1-23,41H,24-26,40H2. The van der Waals surface area contributed by atoms with Gasteiger partial charge in [0.05, 0.1) is 0 Å². The number of fused-ring (bicyclic) bond motifs is 3. The topological polar surface area (TPSA) is 38.0 Å². The van der Waals surface area contributed by atoms with Gasteiger partial charge in [0, 0.05) is 39.2 Å². The summed E-state index contributed by atoms with van der Waals surface area (Å²) in [6.07, 6.45) is 0. The normalized spacial score (nSPS) is 11.3. The molecule has 7 rings (SSSR count). The fraction of sp³-hybridized carbons (Fsp3) is 0.0769. The number of hydrogen-bond acceptors (Lipinski definition) is 4. The Balaban J connectivity index is 1.12. The lowest BCUT2D eigenvalue weighted by Gasteiger charge is -2.16. The van der Waals surface area contributed by atoms with Crippen LogP contribution < -0.4 is 11.1 Å². The van der Waals surface area contributed by atoms with Crippen molar-refractivity contribution in [1.29, 1.82) is 0 Å². The minimum Gasteiger partial charge on any atom is -0.398 e. The summed E-state index contributed by atoms with van der Waals surface area (Å²) in [5.41, 5.74) is 12.2. The second-order valence-corrected chi connectivity index (χ2v) is 12.7. The first-order valence-corrected chi connectivity index (χ1v) is 16.5. The molecule has 0 atom stereocenters. The molecular weight excluding hydrogens is 561 g/mol. The van der Waals surface area contributed by atoms with Gasteiger partial charge in [-0.15, -0.1) is 23.5 Å². The van der Waals surface area contributed by atoms with E-state index in [1.165, 1.54) is 59.6 Å². The molecule has 0 saturated heterocycles. The van der Waals surface area contributed by atoms with E-state index in [4.69, 9.17) is 5.73 Å². The summed E-state index contributed by atoms with van der Waals surface area (Å²) in [4.78, 5) is 2.39. The Bertz CT molecular complexity index is 2010. The van der Waals surface area contributed by atoms with Crippen molar-refractivity contribution >= 4 is 67.2 Å². The van der Waals surface area contributed by atoms with Gasteiger partial charge in [-0.1, -0.05) is 109 Å². The molecule has 43 heavy (non-hydrogen) atoms. The lowest BCUT2D eigenvalue weighted by atomic mass is 9.97. The lowest BCUT2D eigenvalue weighted by molar-refractivity contribution is 1.16. The molecular formula is C39H32N2S2. The van der Waals surface area contributed by atoms with Gasteiger partial charge in [0.2, 0.25) is 0 Å². The molecule has 0 heterocycles. The largest absolute Gasteiger partial charge is 0.398 e. The van der Waals surface area contributed by atoms with Gasteiger partial charge >= 0.3 is 0 Å². The van der Waals surface area contributed by atoms with Crippen LogP contribution in [0.2, 0.25) is 0 Å². The molecule has 0 aliphatic rings. The third-order valence-corrected chi connectivity index (χ3v) is 10.3. The summed E-state index contributed by atoms with van der Waals surface area (Å²) < 4.78 is 0. The fourth-order valence-electron chi connectivity index (χ4n) is 5.82. The fourth-order valence-corrected chi connectivity index (χ4v) is 7.82. The summed E-state index contributed by atoms with van der Waals surface area (Å²) >= 11 is 3.69. The SMILES string of the molecule is Nc1ccccc1SCc1ccc(CSc2ccccc2NCc2c3ccccc3cc3ccccc23)c2ccccc12. The van der Waals surface area contributed by atoms with E-state index in [1.54, 1.807) is 11.8 Å². The van der Waals surface area contributed by atoms with Crippen LogP contribution in [0.5, 0.6) is 0 Å². The van der Waals surface area contributed by atoms with Crippen LogP contribution in [0.3, 0.4) is 0 Å². The number of hydrogen-bond donors (Lipinski definition) is 2. The molecule has 0 radical (unpaired) electrons. The van der Waals surface area contributed by atoms with Gasteiger partial charge in [-0.05, 0) is 79.3 Å². The van der Waals surface area contributed by atoms with Crippen molar-refractivity contribution in [3.63, 3.8) is 0 Å². The van der Waals surface area contributed by atoms with E-state index in [9.17, 15) is 0 Å². The zero-order valence-corrected chi connectivity index (χ0v) is 25.4. The predicted octanol–water partition coefficient (Wildman–Crippen LogP) is 10.9. The van der Waals surface area contributed by atoms with E-state index in [-0.39, 0.29) is 0 Å². The maximum atomic E-state index is 6.20. The molecule has 2 nitrogen and oxygen atoms in total. The number of anilines is 2. The van der Waals surface area contributed by atoms with Crippen LogP contribution >= 0.6 is 23.5 Å². The van der Waals surface area contributed by atoms with E-state index in [0.29, 0.717) is 0 Å². The minimum atomic E-state index is 0.765. The van der Waals surface area contributed by atoms with Gasteiger partial charge in [-0.2, -0.15) is 0 Å². The highest BCUT2D eigenvalue weighted by Gasteiger charge is 2.11. The van der Waals surface area contributed by atoms with Crippen molar-refractivity contribution in [2.24, 2.45) is 0 Å². The Morgan fingerprint density at radius 3 is 1.60 bits per heavy atom. The molecule has 0 spiro atoms. The number of thioether (sulfide) groups is 2. The highest BCUT2D eigenvalue weighted by atomic mass is 32.2. The van der Waals surface area contributed by atoms with Crippen molar-refractivity contribution in [1.82, 2.24) is 0 Å². The maximum absolute atomic E-state index is 6.20. The first-order chi connectivity index (χ1) is 21.2. The number of nitrogens with two attached hydrogens (primary N) is 1. The summed E-state index contributed by atoms with van der Waals surface area (Å²) in [6, 6.07) is 49.9. The van der Waals surface area contributed by atoms with Gasteiger partial charge in [-0.3, -0.25) is 0 Å². The van der Waals surface area contributed by atoms with Crippen molar-refractivity contribution in [2.45, 2.75) is 27.8 Å². The number of nitrogens with one attached hydrogen (secondary N) is 1. The Labute approximate surface area is 261 Å². The second kappa shape index (κ2) is 12.5. The van der Waals surface area contributed by atoms with Gasteiger partial charge in [-0.25, -0.2) is 0 Å². The van der Waals surface area contributed by atoms with Crippen molar-refractivity contribution in [2.75, 3.05) is 11.1 Å². The Morgan fingerprint density at radius 1 is 0.488 bits per heavy atom. The van der Waals surface area contributed by atoms with Crippen LogP contribution in [0, 0.1) is 0 Å². The quantitative estimate of drug-likeness (QED) is 0.0993. The molecule has 3 N–H and O–H groups in total. The number of nitrogen functional groups attached to an aromatic ring is 1. The first kappa shape index (κ1) is 27.5. The summed E-state index contributed by atoms with van der Waals surface area (Å²) in [5.74, 6) is 1.78. The smallest absolute Gasteiger partial charge is 0.0481 e. The second-order valence-electron chi connectivity index (χ2n) is 10.7. The van der Waals surface area contributed by atoms with Gasteiger partial charge in [0.15, 0.2) is 0 Å². The minimum absolute atomic E-state index is 0.765. The van der Waals surface area contributed by atoms with Crippen LogP contribution in [0.15, 0.2) is 149 Å². The van der Waals surface area contributed by atoms with E-state index in [1.807, 2.05) is 30.0 Å². The van der Waals surface area contributed by atoms with E-state index < -0.39 is 0 Å². The molecule has 4 heteroatoms. The number of para-hydroxylation sites is 2. The summed E-state index contributed by atoms with van der Waals surface area (Å²) in [5, 5.41) is 11.6. The molecule has 0 unspecified atom stereocenters. The van der Waals surface area contributed by atoms with Gasteiger partial charge in [0.1, 0.15) is 0 Å². The summed E-state index contributed by atoms with van der Waals surface area (Å²) in [6.45, 7) is 0.765. The van der Waals surface area contributed by atoms with E-state index in [2.05, 4.69) is 127 Å². The molecule has 0 aliphatic heterocycles. The van der Waals surface area contributed by atoms with Gasteiger partial charge < -0.3 is 11.1 Å². The lowest BCUT2D eigenvalue weighted by Crippen LogP contribution is -2.02. The van der Waals surface area contributed by atoms with Crippen molar-refractivity contribution in [3.8, 4) is 0 Å². The Hall–Kier alpha value is -4.38. The highest BCUT2D eigenvalue weighted by Crippen LogP contribution is 2.36. The Kier molecular flexibility index (Phi) is 7.96. The third kappa shape index (κ3) is 5.81. The first-order valence-electron chi connectivity index (χ1n) is 14.6. The average Bonchev–Trinajstić information content (AvgIpc) is 3.06. The molecule has 0 amide bonds. The highest BCUT2D eigenvalue weighted by molar-refractivity contribution is 7.99. The summed E-state index contributed by atoms with van der Waals surface area (Å²) in [7, 11) is 0. The third-order valence-electron chi connectivity index (χ3n) is 8.02. The average molecular weight is 593 g/mol. The molecule has 0 aromatic heterocycles. The zero-order chi connectivity index (χ0) is 29.0. The van der Waals surface area contributed by atoms with Crippen LogP contribution in [0.25, 0.3) is 32.3 Å². The van der Waals surface area contributed by atoms with Crippen molar-refractivity contribution in [3.05, 3.63) is 156 Å². The molecule has 0 bridgehead atoms.